The molecule has 7 heteroatoms. The van der Waals surface area contributed by atoms with Gasteiger partial charge in [0.2, 0.25) is 0 Å². The standard InChI is InChI=1S/C14H21N5OS/c1-9-8-21-12(16-9)14(3,4)18-13(20)17-10(2)11-6-15-19(5)7-11/h6-8,10H,1-5H3,(H2,17,18,20). The van der Waals surface area contributed by atoms with E-state index in [4.69, 9.17) is 0 Å². The van der Waals surface area contributed by atoms with Gasteiger partial charge in [-0.05, 0) is 27.7 Å². The Bertz CT molecular complexity index is 631. The lowest BCUT2D eigenvalue weighted by Gasteiger charge is -2.25. The number of thiazole rings is 1. The van der Waals surface area contributed by atoms with Crippen molar-refractivity contribution in [3.8, 4) is 0 Å². The summed E-state index contributed by atoms with van der Waals surface area (Å²) in [5.41, 5.74) is 1.43. The van der Waals surface area contributed by atoms with E-state index in [0.717, 1.165) is 16.3 Å². The van der Waals surface area contributed by atoms with Crippen molar-refractivity contribution in [2.45, 2.75) is 39.3 Å². The predicted molar refractivity (Wildman–Crippen MR) is 83.2 cm³/mol. The minimum Gasteiger partial charge on any atom is -0.332 e. The summed E-state index contributed by atoms with van der Waals surface area (Å²) in [7, 11) is 1.85. The van der Waals surface area contributed by atoms with E-state index in [1.807, 2.05) is 46.3 Å². The third kappa shape index (κ3) is 3.81. The summed E-state index contributed by atoms with van der Waals surface area (Å²) in [5, 5.41) is 12.9. The summed E-state index contributed by atoms with van der Waals surface area (Å²) >= 11 is 1.55. The van der Waals surface area contributed by atoms with Crippen LogP contribution in [0.25, 0.3) is 0 Å². The van der Waals surface area contributed by atoms with E-state index in [9.17, 15) is 4.79 Å². The molecule has 0 saturated heterocycles. The van der Waals surface area contributed by atoms with Crippen LogP contribution in [0.2, 0.25) is 0 Å². The highest BCUT2D eigenvalue weighted by Crippen LogP contribution is 2.23. The van der Waals surface area contributed by atoms with Gasteiger partial charge in [0, 0.05) is 29.9 Å². The molecule has 0 aliphatic heterocycles. The molecule has 2 amide bonds. The van der Waals surface area contributed by atoms with E-state index in [0.29, 0.717) is 0 Å². The third-order valence-electron chi connectivity index (χ3n) is 3.15. The van der Waals surface area contributed by atoms with E-state index < -0.39 is 5.54 Å². The smallest absolute Gasteiger partial charge is 0.316 e. The molecule has 1 atom stereocenters. The Morgan fingerprint density at radius 2 is 2.19 bits per heavy atom. The quantitative estimate of drug-likeness (QED) is 0.911. The van der Waals surface area contributed by atoms with E-state index in [1.54, 1.807) is 22.2 Å². The summed E-state index contributed by atoms with van der Waals surface area (Å²) in [6.07, 6.45) is 3.64. The molecule has 0 fully saturated rings. The lowest BCUT2D eigenvalue weighted by Crippen LogP contribution is -2.47. The molecule has 0 aromatic carbocycles. The molecule has 6 nitrogen and oxygen atoms in total. The van der Waals surface area contributed by atoms with Crippen molar-refractivity contribution in [3.63, 3.8) is 0 Å². The number of hydrogen-bond donors (Lipinski definition) is 2. The van der Waals surface area contributed by atoms with E-state index in [2.05, 4.69) is 20.7 Å². The van der Waals surface area contributed by atoms with Crippen molar-refractivity contribution in [3.05, 3.63) is 34.0 Å². The fourth-order valence-electron chi connectivity index (χ4n) is 1.96. The number of carbonyl (C=O) groups excluding carboxylic acids is 1. The van der Waals surface area contributed by atoms with Crippen molar-refractivity contribution in [1.82, 2.24) is 25.4 Å². The maximum absolute atomic E-state index is 12.2. The fourth-order valence-corrected chi connectivity index (χ4v) is 2.84. The van der Waals surface area contributed by atoms with Gasteiger partial charge >= 0.3 is 6.03 Å². The molecule has 0 spiro atoms. The second kappa shape index (κ2) is 5.85. The number of carbonyl (C=O) groups is 1. The Balaban J connectivity index is 1.98. The predicted octanol–water partition coefficient (Wildman–Crippen LogP) is 2.48. The topological polar surface area (TPSA) is 71.8 Å². The molecule has 1 unspecified atom stereocenters. The van der Waals surface area contributed by atoms with E-state index >= 15 is 0 Å². The first-order valence-corrected chi connectivity index (χ1v) is 7.66. The van der Waals surface area contributed by atoms with Gasteiger partial charge in [-0.15, -0.1) is 11.3 Å². The molecule has 0 aliphatic carbocycles. The second-order valence-corrected chi connectivity index (χ2v) is 6.54. The Labute approximate surface area is 128 Å². The minimum absolute atomic E-state index is 0.104. The molecule has 2 rings (SSSR count). The van der Waals surface area contributed by atoms with Crippen LogP contribution < -0.4 is 10.6 Å². The molecule has 0 radical (unpaired) electrons. The molecule has 2 aromatic heterocycles. The van der Waals surface area contributed by atoms with Gasteiger partial charge in [0.1, 0.15) is 5.01 Å². The number of hydrogen-bond acceptors (Lipinski definition) is 4. The van der Waals surface area contributed by atoms with Crippen LogP contribution in [-0.4, -0.2) is 20.8 Å². The zero-order chi connectivity index (χ0) is 15.6. The van der Waals surface area contributed by atoms with Crippen LogP contribution >= 0.6 is 11.3 Å². The summed E-state index contributed by atoms with van der Waals surface area (Å²) in [4.78, 5) is 16.6. The lowest BCUT2D eigenvalue weighted by molar-refractivity contribution is 0.227. The molecule has 114 valence electrons. The Morgan fingerprint density at radius 1 is 1.48 bits per heavy atom. The van der Waals surface area contributed by atoms with Gasteiger partial charge in [-0.2, -0.15) is 5.10 Å². The first-order chi connectivity index (χ1) is 9.78. The van der Waals surface area contributed by atoms with Crippen LogP contribution in [0, 0.1) is 6.92 Å². The lowest BCUT2D eigenvalue weighted by atomic mass is 10.1. The zero-order valence-corrected chi connectivity index (χ0v) is 13.8. The number of amides is 2. The third-order valence-corrected chi connectivity index (χ3v) is 4.44. The minimum atomic E-state index is -0.502. The molecule has 0 bridgehead atoms. The fraction of sp³-hybridized carbons (Fsp3) is 0.500. The summed E-state index contributed by atoms with van der Waals surface area (Å²) in [6, 6.07) is -0.322. The molecule has 2 N–H and O–H groups in total. The van der Waals surface area contributed by atoms with E-state index in [1.165, 1.54) is 0 Å². The van der Waals surface area contributed by atoms with Crippen molar-refractivity contribution in [2.24, 2.45) is 7.05 Å². The maximum Gasteiger partial charge on any atom is 0.316 e. The van der Waals surface area contributed by atoms with Gasteiger partial charge in [-0.3, -0.25) is 4.68 Å². The number of urea groups is 1. The Morgan fingerprint density at radius 3 is 2.71 bits per heavy atom. The van der Waals surface area contributed by atoms with Crippen molar-refractivity contribution < 1.29 is 4.79 Å². The molecule has 2 heterocycles. The molecule has 2 aromatic rings. The van der Waals surface area contributed by atoms with Crippen LogP contribution in [-0.2, 0) is 12.6 Å². The number of nitrogens with one attached hydrogen (secondary N) is 2. The van der Waals surface area contributed by atoms with Gasteiger partial charge in [-0.25, -0.2) is 9.78 Å². The van der Waals surface area contributed by atoms with E-state index in [-0.39, 0.29) is 12.1 Å². The summed E-state index contributed by atoms with van der Waals surface area (Å²) < 4.78 is 1.72. The maximum atomic E-state index is 12.2. The molecule has 0 saturated carbocycles. The van der Waals surface area contributed by atoms with Crippen molar-refractivity contribution in [2.75, 3.05) is 0 Å². The summed E-state index contributed by atoms with van der Waals surface area (Å²) in [5.74, 6) is 0. The Hall–Kier alpha value is -1.89. The largest absolute Gasteiger partial charge is 0.332 e. The number of rotatable bonds is 4. The molecule has 21 heavy (non-hydrogen) atoms. The van der Waals surface area contributed by atoms with Gasteiger partial charge in [0.15, 0.2) is 0 Å². The van der Waals surface area contributed by atoms with Crippen LogP contribution in [0.1, 0.15) is 43.1 Å². The van der Waals surface area contributed by atoms with Crippen LogP contribution in [0.4, 0.5) is 4.79 Å². The molecule has 0 aliphatic rings. The summed E-state index contributed by atoms with van der Waals surface area (Å²) in [6.45, 7) is 7.76. The number of aryl methyl sites for hydroxylation is 2. The average Bonchev–Trinajstić information content (AvgIpc) is 2.97. The van der Waals surface area contributed by atoms with Crippen LogP contribution in [0.5, 0.6) is 0 Å². The zero-order valence-electron chi connectivity index (χ0n) is 13.0. The average molecular weight is 307 g/mol. The second-order valence-electron chi connectivity index (χ2n) is 5.69. The monoisotopic (exact) mass is 307 g/mol. The first kappa shape index (κ1) is 15.5. The van der Waals surface area contributed by atoms with Gasteiger partial charge < -0.3 is 10.6 Å². The van der Waals surface area contributed by atoms with Crippen LogP contribution in [0.15, 0.2) is 17.8 Å². The Kier molecular flexibility index (Phi) is 4.32. The van der Waals surface area contributed by atoms with Gasteiger partial charge in [0.05, 0.1) is 17.8 Å². The van der Waals surface area contributed by atoms with Gasteiger partial charge in [0.25, 0.3) is 0 Å². The highest BCUT2D eigenvalue weighted by atomic mass is 32.1. The normalized spacial score (nSPS) is 13.0. The highest BCUT2D eigenvalue weighted by molar-refractivity contribution is 7.09. The first-order valence-electron chi connectivity index (χ1n) is 6.78. The number of nitrogens with zero attached hydrogens (tertiary/aromatic N) is 3. The highest BCUT2D eigenvalue weighted by Gasteiger charge is 2.26. The van der Waals surface area contributed by atoms with Gasteiger partial charge in [-0.1, -0.05) is 0 Å². The van der Waals surface area contributed by atoms with Crippen molar-refractivity contribution >= 4 is 17.4 Å². The molecular weight excluding hydrogens is 286 g/mol. The SMILES string of the molecule is Cc1csc(C(C)(C)NC(=O)NC(C)c2cnn(C)c2)n1. The van der Waals surface area contributed by atoms with Crippen molar-refractivity contribution in [1.29, 1.82) is 0 Å². The van der Waals surface area contributed by atoms with Crippen LogP contribution in [0.3, 0.4) is 0 Å². The number of aromatic nitrogens is 3. The molecular formula is C14H21N5OS.